The van der Waals surface area contributed by atoms with Crippen LogP contribution in [0.4, 0.5) is 0 Å². The van der Waals surface area contributed by atoms with Crippen LogP contribution in [0.25, 0.3) is 0 Å². The fourth-order valence-electron chi connectivity index (χ4n) is 1.30. The molecule has 0 fully saturated rings. The summed E-state index contributed by atoms with van der Waals surface area (Å²) in [5.74, 6) is 0. The molecule has 0 aromatic carbocycles. The van der Waals surface area contributed by atoms with Crippen LogP contribution in [0.3, 0.4) is 0 Å². The zero-order valence-corrected chi connectivity index (χ0v) is 9.71. The number of nitrogens with zero attached hydrogens (tertiary/aromatic N) is 2. The van der Waals surface area contributed by atoms with Crippen LogP contribution in [-0.2, 0) is 0 Å². The molecule has 0 saturated heterocycles. The van der Waals surface area contributed by atoms with E-state index in [4.69, 9.17) is 5.26 Å². The molecule has 0 aromatic heterocycles. The maximum absolute atomic E-state index is 8.89. The molecule has 0 aliphatic heterocycles. The molecule has 0 radical (unpaired) electrons. The van der Waals surface area contributed by atoms with Crippen molar-refractivity contribution in [2.24, 2.45) is 0 Å². The zero-order chi connectivity index (χ0) is 10.8. The largest absolute Gasteiger partial charge is 0.304 e. The standard InChI is InChI=1S/C11H23N3/c1-4-6-8-14(3)10-11(9-12)13-7-5-2/h11,13H,4-8,10H2,1-3H3. The Morgan fingerprint density at radius 2 is 2.07 bits per heavy atom. The molecule has 0 saturated carbocycles. The van der Waals surface area contributed by atoms with E-state index >= 15 is 0 Å². The van der Waals surface area contributed by atoms with Gasteiger partial charge in [-0.3, -0.25) is 0 Å². The third kappa shape index (κ3) is 6.88. The third-order valence-electron chi connectivity index (χ3n) is 2.18. The van der Waals surface area contributed by atoms with Crippen LogP contribution in [-0.4, -0.2) is 37.6 Å². The second-order valence-electron chi connectivity index (χ2n) is 3.75. The highest BCUT2D eigenvalue weighted by Crippen LogP contribution is 1.94. The van der Waals surface area contributed by atoms with Crippen molar-refractivity contribution in [3.05, 3.63) is 0 Å². The van der Waals surface area contributed by atoms with Gasteiger partial charge in [0.05, 0.1) is 6.07 Å². The second-order valence-corrected chi connectivity index (χ2v) is 3.75. The van der Waals surface area contributed by atoms with E-state index in [1.165, 1.54) is 12.8 Å². The van der Waals surface area contributed by atoms with E-state index in [-0.39, 0.29) is 6.04 Å². The lowest BCUT2D eigenvalue weighted by molar-refractivity contribution is 0.306. The van der Waals surface area contributed by atoms with Crippen LogP contribution >= 0.6 is 0 Å². The number of likely N-dealkylation sites (N-methyl/N-ethyl adjacent to an activating group) is 1. The van der Waals surface area contributed by atoms with Gasteiger partial charge in [-0.25, -0.2) is 0 Å². The van der Waals surface area contributed by atoms with Gasteiger partial charge in [0, 0.05) is 6.54 Å². The molecular weight excluding hydrogens is 174 g/mol. The summed E-state index contributed by atoms with van der Waals surface area (Å²) in [5.41, 5.74) is 0. The molecule has 0 amide bonds. The van der Waals surface area contributed by atoms with Gasteiger partial charge in [0.1, 0.15) is 6.04 Å². The van der Waals surface area contributed by atoms with Crippen molar-refractivity contribution < 1.29 is 0 Å². The van der Waals surface area contributed by atoms with Gasteiger partial charge >= 0.3 is 0 Å². The van der Waals surface area contributed by atoms with E-state index in [0.717, 1.165) is 26.1 Å². The predicted molar refractivity (Wildman–Crippen MR) is 60.1 cm³/mol. The van der Waals surface area contributed by atoms with Crippen molar-refractivity contribution in [3.63, 3.8) is 0 Å². The van der Waals surface area contributed by atoms with Crippen molar-refractivity contribution in [3.8, 4) is 6.07 Å². The number of hydrogen-bond donors (Lipinski definition) is 1. The van der Waals surface area contributed by atoms with Crippen LogP contribution in [0.15, 0.2) is 0 Å². The summed E-state index contributed by atoms with van der Waals surface area (Å²) in [5, 5.41) is 12.1. The average Bonchev–Trinajstić information content (AvgIpc) is 2.21. The summed E-state index contributed by atoms with van der Waals surface area (Å²) >= 11 is 0. The monoisotopic (exact) mass is 197 g/mol. The lowest BCUT2D eigenvalue weighted by Gasteiger charge is -2.20. The van der Waals surface area contributed by atoms with Crippen molar-refractivity contribution in [1.82, 2.24) is 10.2 Å². The lowest BCUT2D eigenvalue weighted by Crippen LogP contribution is -2.39. The van der Waals surface area contributed by atoms with Crippen molar-refractivity contribution >= 4 is 0 Å². The molecule has 3 heteroatoms. The number of nitriles is 1. The highest BCUT2D eigenvalue weighted by atomic mass is 15.1. The van der Waals surface area contributed by atoms with Crippen molar-refractivity contribution in [1.29, 1.82) is 5.26 Å². The topological polar surface area (TPSA) is 39.1 Å². The van der Waals surface area contributed by atoms with Gasteiger partial charge in [0.15, 0.2) is 0 Å². The first kappa shape index (κ1) is 13.4. The first-order chi connectivity index (χ1) is 6.74. The van der Waals surface area contributed by atoms with Gasteiger partial charge in [-0.2, -0.15) is 5.26 Å². The zero-order valence-electron chi connectivity index (χ0n) is 9.71. The third-order valence-corrected chi connectivity index (χ3v) is 2.18. The van der Waals surface area contributed by atoms with Crippen LogP contribution in [0.2, 0.25) is 0 Å². The van der Waals surface area contributed by atoms with Gasteiger partial charge < -0.3 is 10.2 Å². The Balaban J connectivity index is 3.64. The Kier molecular flexibility index (Phi) is 8.61. The number of nitrogens with one attached hydrogen (secondary N) is 1. The minimum atomic E-state index is -0.0168. The molecule has 3 nitrogen and oxygen atoms in total. The molecule has 0 aromatic rings. The van der Waals surface area contributed by atoms with E-state index < -0.39 is 0 Å². The smallest absolute Gasteiger partial charge is 0.108 e. The Labute approximate surface area is 88.1 Å². The predicted octanol–water partition coefficient (Wildman–Crippen LogP) is 1.61. The average molecular weight is 197 g/mol. The molecule has 0 bridgehead atoms. The maximum atomic E-state index is 8.89. The van der Waals surface area contributed by atoms with Gasteiger partial charge in [-0.15, -0.1) is 0 Å². The van der Waals surface area contributed by atoms with Gasteiger partial charge in [0.2, 0.25) is 0 Å². The highest BCUT2D eigenvalue weighted by Gasteiger charge is 2.08. The minimum Gasteiger partial charge on any atom is -0.304 e. The SMILES string of the molecule is CCCCN(C)CC(C#N)NCCC. The number of unbranched alkanes of at least 4 members (excludes halogenated alkanes) is 1. The summed E-state index contributed by atoms with van der Waals surface area (Å²) < 4.78 is 0. The molecule has 1 atom stereocenters. The van der Waals surface area contributed by atoms with E-state index in [0.29, 0.717) is 0 Å². The Hall–Kier alpha value is -0.590. The molecule has 14 heavy (non-hydrogen) atoms. The second kappa shape index (κ2) is 8.98. The Bertz CT molecular complexity index is 162. The molecular formula is C11H23N3. The summed E-state index contributed by atoms with van der Waals surface area (Å²) in [4.78, 5) is 2.22. The molecule has 82 valence electrons. The van der Waals surface area contributed by atoms with Gasteiger partial charge in [-0.05, 0) is 33.0 Å². The molecule has 0 spiro atoms. The molecule has 1 N–H and O–H groups in total. The van der Waals surface area contributed by atoms with Crippen molar-refractivity contribution in [2.75, 3.05) is 26.7 Å². The lowest BCUT2D eigenvalue weighted by atomic mass is 10.2. The van der Waals surface area contributed by atoms with E-state index in [2.05, 4.69) is 37.2 Å². The molecule has 0 rings (SSSR count). The van der Waals surface area contributed by atoms with Crippen molar-refractivity contribution in [2.45, 2.75) is 39.2 Å². The molecule has 0 aliphatic carbocycles. The summed E-state index contributed by atoms with van der Waals surface area (Å²) in [6, 6.07) is 2.27. The van der Waals surface area contributed by atoms with Crippen LogP contribution in [0.1, 0.15) is 33.1 Å². The first-order valence-electron chi connectivity index (χ1n) is 5.56. The molecule has 1 unspecified atom stereocenters. The van der Waals surface area contributed by atoms with Crippen LogP contribution in [0, 0.1) is 11.3 Å². The first-order valence-corrected chi connectivity index (χ1v) is 5.56. The fourth-order valence-corrected chi connectivity index (χ4v) is 1.30. The Morgan fingerprint density at radius 3 is 2.57 bits per heavy atom. The molecule has 0 aliphatic rings. The van der Waals surface area contributed by atoms with Crippen LogP contribution in [0.5, 0.6) is 0 Å². The van der Waals surface area contributed by atoms with E-state index in [1.54, 1.807) is 0 Å². The summed E-state index contributed by atoms with van der Waals surface area (Å²) in [6.07, 6.45) is 3.50. The summed E-state index contributed by atoms with van der Waals surface area (Å²) in [7, 11) is 2.08. The quantitative estimate of drug-likeness (QED) is 0.642. The van der Waals surface area contributed by atoms with Gasteiger partial charge in [-0.1, -0.05) is 20.3 Å². The van der Waals surface area contributed by atoms with E-state index in [9.17, 15) is 0 Å². The Morgan fingerprint density at radius 1 is 1.36 bits per heavy atom. The van der Waals surface area contributed by atoms with Gasteiger partial charge in [0.25, 0.3) is 0 Å². The van der Waals surface area contributed by atoms with E-state index in [1.807, 2.05) is 0 Å². The minimum absolute atomic E-state index is 0.0168. The number of rotatable bonds is 8. The fraction of sp³-hybridized carbons (Fsp3) is 0.909. The molecule has 0 heterocycles. The normalized spacial score (nSPS) is 12.8. The summed E-state index contributed by atoms with van der Waals surface area (Å²) in [6.45, 7) is 7.14. The number of hydrogen-bond acceptors (Lipinski definition) is 3. The maximum Gasteiger partial charge on any atom is 0.108 e. The highest BCUT2D eigenvalue weighted by molar-refractivity contribution is 4.91. The van der Waals surface area contributed by atoms with Crippen LogP contribution < -0.4 is 5.32 Å².